The molecule has 0 aliphatic carbocycles. The number of hydrogen-bond donors (Lipinski definition) is 0. The summed E-state index contributed by atoms with van der Waals surface area (Å²) in [5, 5.41) is 0. The monoisotopic (exact) mass is 171 g/mol. The summed E-state index contributed by atoms with van der Waals surface area (Å²) in [6.07, 6.45) is 0. The summed E-state index contributed by atoms with van der Waals surface area (Å²) in [5.74, 6) is 0.235. The largest absolute Gasteiger partial charge is 0.299 e. The maximum Gasteiger partial charge on any atom is 0.143 e. The van der Waals surface area contributed by atoms with Gasteiger partial charge in [-0.2, -0.15) is 0 Å². The van der Waals surface area contributed by atoms with Gasteiger partial charge in [0.2, 0.25) is 0 Å². The highest BCUT2D eigenvalue weighted by molar-refractivity contribution is 5.77. The van der Waals surface area contributed by atoms with E-state index < -0.39 is 0 Å². The van der Waals surface area contributed by atoms with Crippen LogP contribution in [0.4, 0.5) is 0 Å². The second-order valence-electron chi connectivity index (χ2n) is 3.67. The van der Waals surface area contributed by atoms with Gasteiger partial charge in [0.05, 0.1) is 26.6 Å². The average molecular weight is 171 g/mol. The quantitative estimate of drug-likeness (QED) is 0.566. The Morgan fingerprint density at radius 1 is 1.17 bits per heavy atom. The minimum atomic E-state index is 0.235. The molecule has 0 saturated carbocycles. The molecule has 4 heteroatoms. The maximum absolute atomic E-state index is 10.8. The van der Waals surface area contributed by atoms with Crippen molar-refractivity contribution in [2.24, 2.45) is 0 Å². The fourth-order valence-electron chi connectivity index (χ4n) is 1.64. The molecule has 0 unspecified atom stereocenters. The van der Waals surface area contributed by atoms with E-state index in [1.165, 1.54) is 0 Å². The van der Waals surface area contributed by atoms with E-state index in [2.05, 4.69) is 28.8 Å². The topological polar surface area (TPSA) is 26.8 Å². The number of rotatable bonds is 2. The van der Waals surface area contributed by atoms with Crippen LogP contribution in [-0.4, -0.2) is 61.1 Å². The molecule has 1 aliphatic heterocycles. The van der Waals surface area contributed by atoms with Gasteiger partial charge in [-0.25, -0.2) is 0 Å². The molecule has 0 aromatic carbocycles. The summed E-state index contributed by atoms with van der Waals surface area (Å²) in [4.78, 5) is 17.4. The molecule has 0 aromatic heterocycles. The van der Waals surface area contributed by atoms with Gasteiger partial charge in [-0.3, -0.25) is 19.5 Å². The Kier molecular flexibility index (Phi) is 3.20. The Labute approximate surface area is 73.7 Å². The van der Waals surface area contributed by atoms with E-state index in [-0.39, 0.29) is 5.78 Å². The van der Waals surface area contributed by atoms with Gasteiger partial charge in [-0.1, -0.05) is 0 Å². The lowest BCUT2D eigenvalue weighted by molar-refractivity contribution is -0.120. The fraction of sp³-hybridized carbons (Fsp3) is 0.875. The summed E-state index contributed by atoms with van der Waals surface area (Å²) in [7, 11) is 4.12. The molecular formula is C8H17N3O. The highest BCUT2D eigenvalue weighted by Crippen LogP contribution is 2.02. The predicted octanol–water partition coefficient (Wildman–Crippen LogP) is -0.373. The SMILES string of the molecule is CC(=O)CN1CN(C)CN(C)C1. The third-order valence-electron chi connectivity index (χ3n) is 1.81. The summed E-state index contributed by atoms with van der Waals surface area (Å²) in [5.41, 5.74) is 0. The van der Waals surface area contributed by atoms with E-state index in [1.807, 2.05) is 0 Å². The van der Waals surface area contributed by atoms with Crippen molar-refractivity contribution >= 4 is 5.78 Å². The van der Waals surface area contributed by atoms with E-state index in [9.17, 15) is 4.79 Å². The molecule has 12 heavy (non-hydrogen) atoms. The van der Waals surface area contributed by atoms with E-state index in [4.69, 9.17) is 0 Å². The molecule has 0 atom stereocenters. The first-order valence-corrected chi connectivity index (χ1v) is 4.17. The Morgan fingerprint density at radius 2 is 1.67 bits per heavy atom. The van der Waals surface area contributed by atoms with Crippen LogP contribution < -0.4 is 0 Å². The molecule has 1 aliphatic rings. The first-order valence-electron chi connectivity index (χ1n) is 4.17. The minimum Gasteiger partial charge on any atom is -0.299 e. The molecule has 4 nitrogen and oxygen atoms in total. The normalized spacial score (nSPS) is 22.9. The average Bonchev–Trinajstić information content (AvgIpc) is 1.81. The van der Waals surface area contributed by atoms with E-state index in [1.54, 1.807) is 6.92 Å². The van der Waals surface area contributed by atoms with E-state index >= 15 is 0 Å². The van der Waals surface area contributed by atoms with Gasteiger partial charge in [0.15, 0.2) is 0 Å². The molecule has 1 rings (SSSR count). The number of ketones is 1. The molecule has 1 saturated heterocycles. The van der Waals surface area contributed by atoms with Crippen LogP contribution >= 0.6 is 0 Å². The van der Waals surface area contributed by atoms with Crippen LogP contribution in [0.2, 0.25) is 0 Å². The molecule has 0 amide bonds. The van der Waals surface area contributed by atoms with Crippen molar-refractivity contribution in [1.82, 2.24) is 14.7 Å². The predicted molar refractivity (Wildman–Crippen MR) is 47.5 cm³/mol. The molecule has 0 spiro atoms. The highest BCUT2D eigenvalue weighted by atomic mass is 16.1. The lowest BCUT2D eigenvalue weighted by Crippen LogP contribution is -2.52. The van der Waals surface area contributed by atoms with Crippen LogP contribution in [0, 0.1) is 0 Å². The zero-order chi connectivity index (χ0) is 9.14. The third-order valence-corrected chi connectivity index (χ3v) is 1.81. The number of carbonyl (C=O) groups is 1. The maximum atomic E-state index is 10.8. The van der Waals surface area contributed by atoms with Crippen molar-refractivity contribution in [3.63, 3.8) is 0 Å². The molecule has 70 valence electrons. The molecule has 1 fully saturated rings. The van der Waals surface area contributed by atoms with Gasteiger partial charge in [0.25, 0.3) is 0 Å². The lowest BCUT2D eigenvalue weighted by atomic mass is 10.4. The van der Waals surface area contributed by atoms with Crippen LogP contribution in [0.3, 0.4) is 0 Å². The fourth-order valence-corrected chi connectivity index (χ4v) is 1.64. The van der Waals surface area contributed by atoms with Crippen LogP contribution in [0.15, 0.2) is 0 Å². The zero-order valence-corrected chi connectivity index (χ0v) is 8.08. The van der Waals surface area contributed by atoms with E-state index in [0.29, 0.717) is 6.54 Å². The molecule has 0 radical (unpaired) electrons. The van der Waals surface area contributed by atoms with Crippen molar-refractivity contribution in [1.29, 1.82) is 0 Å². The Bertz CT molecular complexity index is 162. The second kappa shape index (κ2) is 3.98. The Morgan fingerprint density at radius 3 is 2.08 bits per heavy atom. The van der Waals surface area contributed by atoms with Gasteiger partial charge in [-0.05, 0) is 21.0 Å². The summed E-state index contributed by atoms with van der Waals surface area (Å²) >= 11 is 0. The molecular weight excluding hydrogens is 154 g/mol. The van der Waals surface area contributed by atoms with Gasteiger partial charge in [0.1, 0.15) is 5.78 Å². The molecule has 0 N–H and O–H groups in total. The van der Waals surface area contributed by atoms with Gasteiger partial charge in [0, 0.05) is 0 Å². The minimum absolute atomic E-state index is 0.235. The number of carbonyl (C=O) groups excluding carboxylic acids is 1. The first kappa shape index (κ1) is 9.64. The van der Waals surface area contributed by atoms with Crippen molar-refractivity contribution in [3.8, 4) is 0 Å². The van der Waals surface area contributed by atoms with Crippen LogP contribution in [0.1, 0.15) is 6.92 Å². The number of Topliss-reactive ketones (excluding diaryl/α,β-unsaturated/α-hetero) is 1. The van der Waals surface area contributed by atoms with Gasteiger partial charge in [-0.15, -0.1) is 0 Å². The molecule has 0 bridgehead atoms. The molecule has 0 aromatic rings. The zero-order valence-electron chi connectivity index (χ0n) is 8.08. The summed E-state index contributed by atoms with van der Waals surface area (Å²) in [6, 6.07) is 0. The van der Waals surface area contributed by atoms with Crippen molar-refractivity contribution in [2.45, 2.75) is 6.92 Å². The van der Waals surface area contributed by atoms with E-state index in [0.717, 1.165) is 20.0 Å². The second-order valence-corrected chi connectivity index (χ2v) is 3.67. The molecule has 1 heterocycles. The smallest absolute Gasteiger partial charge is 0.143 e. The summed E-state index contributed by atoms with van der Waals surface area (Å²) < 4.78 is 0. The van der Waals surface area contributed by atoms with Gasteiger partial charge >= 0.3 is 0 Å². The summed E-state index contributed by atoms with van der Waals surface area (Å²) in [6.45, 7) is 4.96. The van der Waals surface area contributed by atoms with Crippen molar-refractivity contribution in [2.75, 3.05) is 40.6 Å². The van der Waals surface area contributed by atoms with Crippen LogP contribution in [-0.2, 0) is 4.79 Å². The van der Waals surface area contributed by atoms with Crippen LogP contribution in [0.25, 0.3) is 0 Å². The Hall–Kier alpha value is -0.450. The highest BCUT2D eigenvalue weighted by Gasteiger charge is 2.18. The van der Waals surface area contributed by atoms with Gasteiger partial charge < -0.3 is 0 Å². The first-order chi connectivity index (χ1) is 5.58. The van der Waals surface area contributed by atoms with Crippen molar-refractivity contribution in [3.05, 3.63) is 0 Å². The van der Waals surface area contributed by atoms with Crippen LogP contribution in [0.5, 0.6) is 0 Å². The van der Waals surface area contributed by atoms with Crippen molar-refractivity contribution < 1.29 is 4.79 Å². The standard InChI is InChI=1S/C8H17N3O/c1-8(12)4-11-6-9(2)5-10(3)7-11/h4-7H2,1-3H3. The third kappa shape index (κ3) is 2.89. The lowest BCUT2D eigenvalue weighted by Gasteiger charge is -2.38. The Balaban J connectivity index is 2.38. The number of hydrogen-bond acceptors (Lipinski definition) is 4. The number of nitrogens with zero attached hydrogens (tertiary/aromatic N) is 3.